The molecular formula is CuPSV. The van der Waals surface area contributed by atoms with Gasteiger partial charge in [0.2, 0.25) is 0 Å². The van der Waals surface area contributed by atoms with Crippen LogP contribution in [0.2, 0.25) is 0 Å². The van der Waals surface area contributed by atoms with Crippen LogP contribution < -0.4 is 0 Å². The summed E-state index contributed by atoms with van der Waals surface area (Å²) in [5, 5.41) is 0. The first-order valence-corrected chi connectivity index (χ1v) is 0. The minimum atomic E-state index is 0. The SMILES string of the molecule is [Cu].[P].[S].[V]. The predicted molar refractivity (Wildman–Crippen MR) is 14.5 cm³/mol. The van der Waals surface area contributed by atoms with E-state index in [-0.39, 0.29) is 59.0 Å². The molecule has 0 atom stereocenters. The summed E-state index contributed by atoms with van der Waals surface area (Å²) in [5.74, 6) is 0. The summed E-state index contributed by atoms with van der Waals surface area (Å²) in [6.45, 7) is 0. The molecule has 0 aromatic heterocycles. The zero-order valence-electron chi connectivity index (χ0n) is 1.60. The van der Waals surface area contributed by atoms with Crippen molar-refractivity contribution in [2.24, 2.45) is 0 Å². The molecule has 0 bridgehead atoms. The molecule has 0 N–H and O–H groups in total. The maximum absolute atomic E-state index is 0. The van der Waals surface area contributed by atoms with Crippen molar-refractivity contribution >= 4 is 23.4 Å². The van der Waals surface area contributed by atoms with Gasteiger partial charge >= 0.3 is 0 Å². The fourth-order valence-electron chi connectivity index (χ4n) is 0. The zero-order valence-corrected chi connectivity index (χ0v) is 5.65. The van der Waals surface area contributed by atoms with Crippen molar-refractivity contribution in [1.82, 2.24) is 0 Å². The Labute approximate surface area is 58.9 Å². The topological polar surface area (TPSA) is 0 Å². The smallest absolute Gasteiger partial charge is 0 e. The minimum absolute atomic E-state index is 0. The van der Waals surface area contributed by atoms with Crippen molar-refractivity contribution in [3.05, 3.63) is 0 Å². The van der Waals surface area contributed by atoms with Gasteiger partial charge in [-0.15, -0.1) is 0 Å². The Morgan fingerprint density at radius 2 is 1.00 bits per heavy atom. The molecule has 0 fully saturated rings. The van der Waals surface area contributed by atoms with Crippen molar-refractivity contribution in [3.63, 3.8) is 0 Å². The van der Waals surface area contributed by atoms with Crippen LogP contribution in [0.3, 0.4) is 0 Å². The average Bonchev–Trinajstić information content (AvgIpc) is 0. The summed E-state index contributed by atoms with van der Waals surface area (Å²) in [4.78, 5) is 0. The van der Waals surface area contributed by atoms with Crippen LogP contribution >= 0.6 is 23.4 Å². The van der Waals surface area contributed by atoms with Crippen molar-refractivity contribution < 1.29 is 35.6 Å². The number of hydrogen-bond acceptors (Lipinski definition) is 0. The van der Waals surface area contributed by atoms with E-state index in [1.807, 2.05) is 0 Å². The molecule has 27 valence electrons. The van der Waals surface area contributed by atoms with Crippen molar-refractivity contribution in [3.8, 4) is 0 Å². The molecule has 0 rings (SSSR count). The molecule has 0 aliphatic rings. The van der Waals surface area contributed by atoms with Crippen LogP contribution in [0, 0.1) is 0 Å². The van der Waals surface area contributed by atoms with E-state index < -0.39 is 0 Å². The first-order chi connectivity index (χ1) is 0. The molecule has 0 heterocycles. The molecule has 7 radical (unpaired) electrons. The Morgan fingerprint density at radius 3 is 1.00 bits per heavy atom. The summed E-state index contributed by atoms with van der Waals surface area (Å²) >= 11 is 0. The second-order valence-corrected chi connectivity index (χ2v) is 0. The van der Waals surface area contributed by atoms with Crippen molar-refractivity contribution in [2.75, 3.05) is 0 Å². The van der Waals surface area contributed by atoms with Gasteiger partial charge in [0, 0.05) is 59.0 Å². The molecule has 0 aromatic carbocycles. The Hall–Kier alpha value is 1.88. The van der Waals surface area contributed by atoms with Gasteiger partial charge in [-0.25, -0.2) is 0 Å². The molecule has 4 heavy (non-hydrogen) atoms. The Kier molecular flexibility index (Phi) is 205. The van der Waals surface area contributed by atoms with Gasteiger partial charge in [0.25, 0.3) is 0 Å². The summed E-state index contributed by atoms with van der Waals surface area (Å²) < 4.78 is 0. The second kappa shape index (κ2) is 20.8. The van der Waals surface area contributed by atoms with E-state index in [2.05, 4.69) is 0 Å². The van der Waals surface area contributed by atoms with Crippen LogP contribution in [0.25, 0.3) is 0 Å². The average molecular weight is 178 g/mol. The Morgan fingerprint density at radius 1 is 1.00 bits per heavy atom. The van der Waals surface area contributed by atoms with Gasteiger partial charge in [0.1, 0.15) is 0 Å². The van der Waals surface area contributed by atoms with Crippen LogP contribution in [-0.2, 0) is 35.6 Å². The minimum Gasteiger partial charge on any atom is 0 e. The first-order valence-electron chi connectivity index (χ1n) is 0. The van der Waals surface area contributed by atoms with Gasteiger partial charge in [0.05, 0.1) is 0 Å². The van der Waals surface area contributed by atoms with E-state index >= 15 is 0 Å². The van der Waals surface area contributed by atoms with E-state index in [9.17, 15) is 0 Å². The summed E-state index contributed by atoms with van der Waals surface area (Å²) in [5.41, 5.74) is 0. The maximum Gasteiger partial charge on any atom is 0 e. The fourth-order valence-corrected chi connectivity index (χ4v) is 0. The molecule has 0 spiro atoms. The summed E-state index contributed by atoms with van der Waals surface area (Å²) in [6.07, 6.45) is 0. The van der Waals surface area contributed by atoms with Crippen molar-refractivity contribution in [1.29, 1.82) is 0 Å². The third kappa shape index (κ3) is 9.10. The van der Waals surface area contributed by atoms with Gasteiger partial charge in [0.15, 0.2) is 0 Å². The third-order valence-corrected chi connectivity index (χ3v) is 0. The first kappa shape index (κ1) is 39.5. The second-order valence-electron chi connectivity index (χ2n) is 0. The fraction of sp³-hybridized carbons (Fsp3) is 0. The molecule has 4 heteroatoms. The molecule has 0 aliphatic carbocycles. The molecular weight excluding hydrogens is 178 g/mol. The molecule has 0 saturated heterocycles. The predicted octanol–water partition coefficient (Wildman–Crippen LogP) is 1.50. The van der Waals surface area contributed by atoms with Gasteiger partial charge in [-0.1, -0.05) is 0 Å². The molecule has 0 saturated carbocycles. The van der Waals surface area contributed by atoms with E-state index in [4.69, 9.17) is 0 Å². The van der Waals surface area contributed by atoms with Crippen molar-refractivity contribution in [2.45, 2.75) is 0 Å². The third-order valence-electron chi connectivity index (χ3n) is 0. The molecule has 0 aromatic rings. The standard InChI is InChI=1S/Cu.P.S.V. The van der Waals surface area contributed by atoms with Gasteiger partial charge in [-0.3, -0.25) is 0 Å². The summed E-state index contributed by atoms with van der Waals surface area (Å²) in [7, 11) is 0. The van der Waals surface area contributed by atoms with Gasteiger partial charge in [-0.2, -0.15) is 0 Å². The van der Waals surface area contributed by atoms with Crippen LogP contribution in [-0.4, -0.2) is 0 Å². The largest absolute Gasteiger partial charge is 0 e. The van der Waals surface area contributed by atoms with E-state index in [1.54, 1.807) is 0 Å². The normalized spacial score (nSPS) is 0. The Bertz CT molecular complexity index is 8.00. The van der Waals surface area contributed by atoms with E-state index in [0.717, 1.165) is 0 Å². The van der Waals surface area contributed by atoms with Crippen LogP contribution in [0.15, 0.2) is 0 Å². The number of hydrogen-bond donors (Lipinski definition) is 0. The molecule has 0 unspecified atom stereocenters. The summed E-state index contributed by atoms with van der Waals surface area (Å²) in [6, 6.07) is 0. The molecule has 0 aliphatic heterocycles. The van der Waals surface area contributed by atoms with Gasteiger partial charge in [-0.05, 0) is 0 Å². The van der Waals surface area contributed by atoms with Crippen LogP contribution in [0.4, 0.5) is 0 Å². The quantitative estimate of drug-likeness (QED) is 0.389. The van der Waals surface area contributed by atoms with E-state index in [1.165, 1.54) is 0 Å². The maximum atomic E-state index is 0. The zero-order chi connectivity index (χ0) is 0. The van der Waals surface area contributed by atoms with Crippen LogP contribution in [0.5, 0.6) is 0 Å². The van der Waals surface area contributed by atoms with E-state index in [0.29, 0.717) is 0 Å². The van der Waals surface area contributed by atoms with Crippen LogP contribution in [0.1, 0.15) is 0 Å². The van der Waals surface area contributed by atoms with Gasteiger partial charge < -0.3 is 0 Å². The number of rotatable bonds is 0. The monoisotopic (exact) mass is 177 g/mol. The molecule has 0 amide bonds. The molecule has 0 nitrogen and oxygen atoms in total. The Balaban J connectivity index is 0.